The fraction of sp³-hybridized carbons (Fsp3) is 0.100. The molecule has 5 heteroatoms. The zero-order chi connectivity index (χ0) is 15.6. The monoisotopic (exact) mass is 408 g/mol. The molecule has 2 aromatic rings. The summed E-state index contributed by atoms with van der Waals surface area (Å²) in [6.45, 7) is 0. The number of Topliss-reactive ketones (excluding diaryl/α,β-unsaturated/α-hetero) is 2. The van der Waals surface area contributed by atoms with Gasteiger partial charge in [0.05, 0.1) is 6.42 Å². The molecule has 0 radical (unpaired) electrons. The predicted molar refractivity (Wildman–Crippen MR) is 89.1 cm³/mol. The summed E-state index contributed by atoms with van der Waals surface area (Å²) in [5.74, 6) is -0.279. The Morgan fingerprint density at radius 3 is 1.32 bits per heavy atom. The molecule has 3 rings (SSSR count). The molecule has 2 aromatic carbocycles. The SMILES string of the molecule is C1=CCC=C1.O=C(CC(=O)c1ccccc1)c1ccccc1.[Cl-].[Cl-].[Ti+2]. The summed E-state index contributed by atoms with van der Waals surface area (Å²) >= 11 is 0. The van der Waals surface area contributed by atoms with Crippen LogP contribution in [-0.4, -0.2) is 11.6 Å². The van der Waals surface area contributed by atoms with Gasteiger partial charge in [-0.3, -0.25) is 9.59 Å². The van der Waals surface area contributed by atoms with Crippen molar-refractivity contribution in [2.75, 3.05) is 0 Å². The van der Waals surface area contributed by atoms with E-state index in [-0.39, 0.29) is 64.5 Å². The summed E-state index contributed by atoms with van der Waals surface area (Å²) < 4.78 is 0. The Kier molecular flexibility index (Phi) is 15.3. The molecule has 0 heterocycles. The van der Waals surface area contributed by atoms with E-state index in [0.717, 1.165) is 6.42 Å². The van der Waals surface area contributed by atoms with Crippen LogP contribution in [0.1, 0.15) is 33.6 Å². The van der Waals surface area contributed by atoms with Crippen molar-refractivity contribution in [1.29, 1.82) is 0 Å². The Balaban J connectivity index is 0. The van der Waals surface area contributed by atoms with Crippen molar-refractivity contribution in [1.82, 2.24) is 0 Å². The average Bonchev–Trinajstić information content (AvgIpc) is 3.16. The molecular weight excluding hydrogens is 391 g/mol. The summed E-state index contributed by atoms with van der Waals surface area (Å²) in [5, 5.41) is 0. The summed E-state index contributed by atoms with van der Waals surface area (Å²) in [6, 6.07) is 17.7. The molecule has 0 atom stereocenters. The summed E-state index contributed by atoms with van der Waals surface area (Å²) in [6.07, 6.45) is 9.42. The number of allylic oxidation sites excluding steroid dienone is 4. The fourth-order valence-corrected chi connectivity index (χ4v) is 1.99. The molecule has 0 N–H and O–H groups in total. The maximum absolute atomic E-state index is 11.8. The van der Waals surface area contributed by atoms with Crippen molar-refractivity contribution >= 4 is 11.6 Å². The average molecular weight is 409 g/mol. The largest absolute Gasteiger partial charge is 2.00 e. The second kappa shape index (κ2) is 14.9. The minimum Gasteiger partial charge on any atom is -1.00 e. The quantitative estimate of drug-likeness (QED) is 0.356. The predicted octanol–water partition coefficient (Wildman–Crippen LogP) is -1.35. The number of carbonyl (C=O) groups excluding carboxylic acids is 2. The van der Waals surface area contributed by atoms with Crippen molar-refractivity contribution in [3.63, 3.8) is 0 Å². The molecule has 1 aliphatic rings. The molecule has 0 saturated carbocycles. The summed E-state index contributed by atoms with van der Waals surface area (Å²) in [4.78, 5) is 23.6. The Bertz CT molecular complexity index is 624. The van der Waals surface area contributed by atoms with E-state index in [1.165, 1.54) is 0 Å². The van der Waals surface area contributed by atoms with Gasteiger partial charge < -0.3 is 24.8 Å². The topological polar surface area (TPSA) is 34.1 Å². The molecule has 0 fully saturated rings. The molecule has 128 valence electrons. The van der Waals surface area contributed by atoms with Gasteiger partial charge in [0.2, 0.25) is 0 Å². The van der Waals surface area contributed by atoms with Gasteiger partial charge in [-0.25, -0.2) is 0 Å². The van der Waals surface area contributed by atoms with E-state index in [0.29, 0.717) is 11.1 Å². The van der Waals surface area contributed by atoms with E-state index >= 15 is 0 Å². The Hall–Kier alpha value is -1.45. The first-order valence-corrected chi connectivity index (χ1v) is 7.25. The van der Waals surface area contributed by atoms with Crippen LogP contribution in [0.3, 0.4) is 0 Å². The van der Waals surface area contributed by atoms with E-state index in [1.807, 2.05) is 12.1 Å². The third-order valence-corrected chi connectivity index (χ3v) is 3.17. The van der Waals surface area contributed by atoms with Gasteiger partial charge in [-0.15, -0.1) is 0 Å². The molecule has 0 unspecified atom stereocenters. The van der Waals surface area contributed by atoms with Crippen LogP contribution in [0, 0.1) is 0 Å². The van der Waals surface area contributed by atoms with Crippen molar-refractivity contribution in [3.8, 4) is 0 Å². The van der Waals surface area contributed by atoms with Crippen LogP contribution < -0.4 is 24.8 Å². The fourth-order valence-electron chi connectivity index (χ4n) is 1.99. The Morgan fingerprint density at radius 1 is 0.680 bits per heavy atom. The van der Waals surface area contributed by atoms with Gasteiger partial charge in [-0.05, 0) is 6.42 Å². The number of hydrogen-bond donors (Lipinski definition) is 0. The number of ketones is 2. The van der Waals surface area contributed by atoms with Crippen molar-refractivity contribution in [2.45, 2.75) is 12.8 Å². The van der Waals surface area contributed by atoms with Gasteiger partial charge >= 0.3 is 21.7 Å². The number of benzene rings is 2. The van der Waals surface area contributed by atoms with Gasteiger partial charge in [0.1, 0.15) is 0 Å². The van der Waals surface area contributed by atoms with Gasteiger partial charge in [-0.2, -0.15) is 0 Å². The van der Waals surface area contributed by atoms with E-state index in [2.05, 4.69) is 24.3 Å². The van der Waals surface area contributed by atoms with Crippen LogP contribution in [0.2, 0.25) is 0 Å². The van der Waals surface area contributed by atoms with E-state index in [4.69, 9.17) is 0 Å². The number of carbonyl (C=O) groups is 2. The number of hydrogen-bond acceptors (Lipinski definition) is 2. The van der Waals surface area contributed by atoms with Gasteiger partial charge in [0, 0.05) is 11.1 Å². The maximum atomic E-state index is 11.8. The van der Waals surface area contributed by atoms with E-state index < -0.39 is 0 Å². The third-order valence-electron chi connectivity index (χ3n) is 3.17. The van der Waals surface area contributed by atoms with Crippen LogP contribution in [0.4, 0.5) is 0 Å². The maximum Gasteiger partial charge on any atom is 2.00 e. The first kappa shape index (κ1) is 25.8. The molecule has 0 aromatic heterocycles. The molecular formula is C20H18Cl2O2Ti. The van der Waals surface area contributed by atoms with Crippen molar-refractivity contribution in [2.24, 2.45) is 0 Å². The minimum absolute atomic E-state index is 0. The zero-order valence-electron chi connectivity index (χ0n) is 13.6. The van der Waals surface area contributed by atoms with Gasteiger partial charge in [0.25, 0.3) is 0 Å². The third kappa shape index (κ3) is 9.57. The van der Waals surface area contributed by atoms with Crippen LogP contribution >= 0.6 is 0 Å². The van der Waals surface area contributed by atoms with E-state index in [9.17, 15) is 9.59 Å². The molecule has 2 nitrogen and oxygen atoms in total. The molecule has 0 amide bonds. The molecule has 0 saturated heterocycles. The van der Waals surface area contributed by atoms with Crippen LogP contribution in [0.5, 0.6) is 0 Å². The van der Waals surface area contributed by atoms with Crippen LogP contribution in [0.25, 0.3) is 0 Å². The molecule has 0 bridgehead atoms. The second-order valence-electron chi connectivity index (χ2n) is 4.85. The first-order chi connectivity index (χ1) is 10.8. The molecule has 1 aliphatic carbocycles. The molecule has 0 spiro atoms. The normalized spacial score (nSPS) is 10.2. The standard InChI is InChI=1S/C15H12O2.C5H6.2ClH.Ti/c16-14(12-7-3-1-4-8-12)11-15(17)13-9-5-2-6-10-13;1-2-4-5-3-1;;;/h1-10H,11H2;1-4H,5H2;2*1H;/q;;;;+2/p-2. The van der Waals surface area contributed by atoms with Crippen molar-refractivity contribution < 1.29 is 56.1 Å². The molecule has 25 heavy (non-hydrogen) atoms. The second-order valence-corrected chi connectivity index (χ2v) is 4.85. The number of rotatable bonds is 4. The van der Waals surface area contributed by atoms with Crippen LogP contribution in [-0.2, 0) is 21.7 Å². The zero-order valence-corrected chi connectivity index (χ0v) is 16.6. The Morgan fingerprint density at radius 2 is 1.04 bits per heavy atom. The van der Waals surface area contributed by atoms with Gasteiger partial charge in [-0.1, -0.05) is 85.0 Å². The minimum atomic E-state index is -0.139. The van der Waals surface area contributed by atoms with Gasteiger partial charge in [0.15, 0.2) is 11.6 Å². The van der Waals surface area contributed by atoms with Crippen LogP contribution in [0.15, 0.2) is 85.0 Å². The first-order valence-electron chi connectivity index (χ1n) is 7.25. The number of halogens is 2. The summed E-state index contributed by atoms with van der Waals surface area (Å²) in [7, 11) is 0. The van der Waals surface area contributed by atoms with E-state index in [1.54, 1.807) is 48.5 Å². The summed E-state index contributed by atoms with van der Waals surface area (Å²) in [5.41, 5.74) is 1.16. The molecule has 0 aliphatic heterocycles. The van der Waals surface area contributed by atoms with Crippen molar-refractivity contribution in [3.05, 3.63) is 96.1 Å². The Labute approximate surface area is 176 Å². The smallest absolute Gasteiger partial charge is 1.00 e.